The van der Waals surface area contributed by atoms with E-state index in [1.807, 2.05) is 0 Å². The van der Waals surface area contributed by atoms with E-state index in [9.17, 15) is 13.2 Å². The summed E-state index contributed by atoms with van der Waals surface area (Å²) in [5.74, 6) is 0.293. The zero-order valence-electron chi connectivity index (χ0n) is 12.3. The van der Waals surface area contributed by atoms with Gasteiger partial charge in [-0.1, -0.05) is 0 Å². The van der Waals surface area contributed by atoms with Crippen LogP contribution in [-0.2, 0) is 14.8 Å². The molecule has 0 aliphatic carbocycles. The van der Waals surface area contributed by atoms with Gasteiger partial charge in [0.15, 0.2) is 0 Å². The molecular formula is C13H25N3O3S. The van der Waals surface area contributed by atoms with E-state index in [-0.39, 0.29) is 11.7 Å². The molecule has 7 heteroatoms. The molecule has 0 bridgehead atoms. The predicted molar refractivity (Wildman–Crippen MR) is 77.9 cm³/mol. The van der Waals surface area contributed by atoms with Gasteiger partial charge in [0.25, 0.3) is 0 Å². The molecule has 0 aromatic rings. The molecule has 2 heterocycles. The number of rotatable bonds is 5. The summed E-state index contributed by atoms with van der Waals surface area (Å²) in [5, 5.41) is 0. The van der Waals surface area contributed by atoms with Crippen molar-refractivity contribution >= 4 is 15.9 Å². The van der Waals surface area contributed by atoms with E-state index in [0.717, 1.165) is 19.6 Å². The fourth-order valence-electron chi connectivity index (χ4n) is 2.82. The smallest absolute Gasteiger partial charge is 0.223 e. The van der Waals surface area contributed by atoms with Crippen LogP contribution < -0.4 is 0 Å². The van der Waals surface area contributed by atoms with Crippen LogP contribution in [0.3, 0.4) is 0 Å². The van der Waals surface area contributed by atoms with E-state index in [1.165, 1.54) is 17.1 Å². The van der Waals surface area contributed by atoms with Crippen molar-refractivity contribution in [2.75, 3.05) is 51.6 Å². The monoisotopic (exact) mass is 303 g/mol. The highest BCUT2D eigenvalue weighted by molar-refractivity contribution is 7.89. The van der Waals surface area contributed by atoms with E-state index in [4.69, 9.17) is 0 Å². The van der Waals surface area contributed by atoms with E-state index in [1.54, 1.807) is 11.8 Å². The number of piperazine rings is 1. The van der Waals surface area contributed by atoms with Gasteiger partial charge in [0, 0.05) is 39.1 Å². The highest BCUT2D eigenvalue weighted by atomic mass is 32.2. The van der Waals surface area contributed by atoms with Crippen molar-refractivity contribution in [3.05, 3.63) is 0 Å². The summed E-state index contributed by atoms with van der Waals surface area (Å²) in [7, 11) is -3.11. The standard InChI is InChI=1S/C13H25N3O3S/c1-2-20(18,19)16-11-9-15(10-12-16)13(17)5-8-14-6-3-4-7-14/h2-12H2,1H3. The molecule has 6 nitrogen and oxygen atoms in total. The van der Waals surface area contributed by atoms with Gasteiger partial charge < -0.3 is 9.80 Å². The molecule has 0 spiro atoms. The van der Waals surface area contributed by atoms with Crippen molar-refractivity contribution in [2.45, 2.75) is 26.2 Å². The van der Waals surface area contributed by atoms with Crippen LogP contribution in [0.4, 0.5) is 0 Å². The second-order valence-corrected chi connectivity index (χ2v) is 7.74. The van der Waals surface area contributed by atoms with Gasteiger partial charge >= 0.3 is 0 Å². The van der Waals surface area contributed by atoms with E-state index >= 15 is 0 Å². The van der Waals surface area contributed by atoms with Gasteiger partial charge in [-0.15, -0.1) is 0 Å². The van der Waals surface area contributed by atoms with Gasteiger partial charge in [-0.2, -0.15) is 4.31 Å². The van der Waals surface area contributed by atoms with Gasteiger partial charge in [0.2, 0.25) is 15.9 Å². The SMILES string of the molecule is CCS(=O)(=O)N1CCN(C(=O)CCN2CCCC2)CC1. The minimum atomic E-state index is -3.11. The Morgan fingerprint density at radius 3 is 2.15 bits per heavy atom. The number of hydrogen-bond acceptors (Lipinski definition) is 4. The summed E-state index contributed by atoms with van der Waals surface area (Å²) in [4.78, 5) is 16.2. The first-order valence-electron chi connectivity index (χ1n) is 7.51. The number of amides is 1. The molecule has 0 saturated carbocycles. The molecule has 1 amide bonds. The van der Waals surface area contributed by atoms with Crippen LogP contribution in [0.1, 0.15) is 26.2 Å². The number of carbonyl (C=O) groups excluding carboxylic acids is 1. The molecule has 2 aliphatic heterocycles. The molecule has 0 unspecified atom stereocenters. The third kappa shape index (κ3) is 3.93. The van der Waals surface area contributed by atoms with E-state index in [0.29, 0.717) is 32.6 Å². The number of carbonyl (C=O) groups is 1. The largest absolute Gasteiger partial charge is 0.340 e. The fourth-order valence-corrected chi connectivity index (χ4v) is 3.90. The van der Waals surface area contributed by atoms with Crippen LogP contribution in [0.25, 0.3) is 0 Å². The first kappa shape index (κ1) is 15.7. The summed E-state index contributed by atoms with van der Waals surface area (Å²) in [6.07, 6.45) is 3.03. The van der Waals surface area contributed by atoms with E-state index < -0.39 is 10.0 Å². The van der Waals surface area contributed by atoms with Gasteiger partial charge in [-0.3, -0.25) is 4.79 Å². The van der Waals surface area contributed by atoms with Crippen LogP contribution in [-0.4, -0.2) is 80.0 Å². The van der Waals surface area contributed by atoms with Gasteiger partial charge in [0.05, 0.1) is 5.75 Å². The predicted octanol–water partition coefficient (Wildman–Crippen LogP) is -0.0338. The Bertz CT molecular complexity index is 424. The maximum absolute atomic E-state index is 12.1. The summed E-state index contributed by atoms with van der Waals surface area (Å²) in [6, 6.07) is 0. The van der Waals surface area contributed by atoms with Crippen LogP contribution in [0, 0.1) is 0 Å². The molecule has 0 aromatic heterocycles. The Morgan fingerprint density at radius 1 is 1.00 bits per heavy atom. The van der Waals surface area contributed by atoms with Gasteiger partial charge in [0.1, 0.15) is 0 Å². The van der Waals surface area contributed by atoms with Gasteiger partial charge in [-0.05, 0) is 32.9 Å². The molecule has 2 rings (SSSR count). The van der Waals surface area contributed by atoms with Crippen LogP contribution in [0.5, 0.6) is 0 Å². The third-order valence-electron chi connectivity index (χ3n) is 4.19. The number of hydrogen-bond donors (Lipinski definition) is 0. The summed E-state index contributed by atoms with van der Waals surface area (Å²) >= 11 is 0. The number of likely N-dealkylation sites (tertiary alicyclic amines) is 1. The van der Waals surface area contributed by atoms with Crippen molar-refractivity contribution in [3.8, 4) is 0 Å². The highest BCUT2D eigenvalue weighted by Crippen LogP contribution is 2.11. The maximum Gasteiger partial charge on any atom is 0.223 e. The van der Waals surface area contributed by atoms with Crippen molar-refractivity contribution in [1.82, 2.24) is 14.1 Å². The van der Waals surface area contributed by atoms with Crippen molar-refractivity contribution in [1.29, 1.82) is 0 Å². The molecule has 0 aromatic carbocycles. The van der Waals surface area contributed by atoms with Crippen molar-refractivity contribution in [3.63, 3.8) is 0 Å². The first-order chi connectivity index (χ1) is 9.53. The third-order valence-corrected chi connectivity index (χ3v) is 6.07. The lowest BCUT2D eigenvalue weighted by molar-refractivity contribution is -0.132. The summed E-state index contributed by atoms with van der Waals surface area (Å²) in [6.45, 7) is 6.63. The number of sulfonamides is 1. The Morgan fingerprint density at radius 2 is 1.60 bits per heavy atom. The normalized spacial score (nSPS) is 22.4. The van der Waals surface area contributed by atoms with Crippen molar-refractivity contribution in [2.24, 2.45) is 0 Å². The zero-order valence-corrected chi connectivity index (χ0v) is 13.1. The van der Waals surface area contributed by atoms with Crippen LogP contribution in [0.2, 0.25) is 0 Å². The molecule has 0 N–H and O–H groups in total. The molecule has 0 radical (unpaired) electrons. The maximum atomic E-state index is 12.1. The quantitative estimate of drug-likeness (QED) is 0.715. The Labute approximate surface area is 121 Å². The lowest BCUT2D eigenvalue weighted by Crippen LogP contribution is -2.51. The summed E-state index contributed by atoms with van der Waals surface area (Å²) in [5.41, 5.74) is 0. The summed E-state index contributed by atoms with van der Waals surface area (Å²) < 4.78 is 25.0. The fraction of sp³-hybridized carbons (Fsp3) is 0.923. The van der Waals surface area contributed by atoms with Gasteiger partial charge in [-0.25, -0.2) is 8.42 Å². The van der Waals surface area contributed by atoms with Crippen LogP contribution in [0.15, 0.2) is 0 Å². The average molecular weight is 303 g/mol. The molecule has 116 valence electrons. The lowest BCUT2D eigenvalue weighted by Gasteiger charge is -2.34. The number of nitrogens with zero attached hydrogens (tertiary/aromatic N) is 3. The van der Waals surface area contributed by atoms with E-state index in [2.05, 4.69) is 4.90 Å². The highest BCUT2D eigenvalue weighted by Gasteiger charge is 2.27. The topological polar surface area (TPSA) is 60.9 Å². The Balaban J connectivity index is 1.74. The minimum absolute atomic E-state index is 0.135. The molecule has 0 atom stereocenters. The van der Waals surface area contributed by atoms with Crippen LogP contribution >= 0.6 is 0 Å². The lowest BCUT2D eigenvalue weighted by atomic mass is 10.3. The molecule has 2 saturated heterocycles. The molecule has 20 heavy (non-hydrogen) atoms. The molecule has 2 fully saturated rings. The van der Waals surface area contributed by atoms with Crippen molar-refractivity contribution < 1.29 is 13.2 Å². The molecule has 2 aliphatic rings. The Hall–Kier alpha value is -0.660. The Kier molecular flexibility index (Phi) is 5.40. The second-order valence-electron chi connectivity index (χ2n) is 5.48. The zero-order chi connectivity index (χ0) is 14.6. The minimum Gasteiger partial charge on any atom is -0.340 e. The molecular weight excluding hydrogens is 278 g/mol. The first-order valence-corrected chi connectivity index (χ1v) is 9.12. The average Bonchev–Trinajstić information content (AvgIpc) is 2.98. The second kappa shape index (κ2) is 6.87.